The van der Waals surface area contributed by atoms with Crippen molar-refractivity contribution in [2.24, 2.45) is 5.41 Å². The van der Waals surface area contributed by atoms with Crippen molar-refractivity contribution in [3.63, 3.8) is 0 Å². The molecule has 98 valence electrons. The molecule has 0 radical (unpaired) electrons. The van der Waals surface area contributed by atoms with Crippen LogP contribution in [0.1, 0.15) is 37.5 Å². The van der Waals surface area contributed by atoms with Crippen LogP contribution in [-0.4, -0.2) is 5.11 Å². The van der Waals surface area contributed by atoms with E-state index in [1.165, 1.54) is 16.7 Å². The molecule has 0 fully saturated rings. The van der Waals surface area contributed by atoms with Crippen molar-refractivity contribution < 1.29 is 5.11 Å². The van der Waals surface area contributed by atoms with Crippen molar-refractivity contribution in [3.8, 4) is 5.75 Å². The number of aromatic hydroxyl groups is 1. The van der Waals surface area contributed by atoms with Crippen molar-refractivity contribution >= 4 is 0 Å². The van der Waals surface area contributed by atoms with E-state index in [0.717, 1.165) is 6.42 Å². The summed E-state index contributed by atoms with van der Waals surface area (Å²) >= 11 is 0. The molecule has 0 aromatic heterocycles. The van der Waals surface area contributed by atoms with E-state index in [9.17, 15) is 5.11 Å². The van der Waals surface area contributed by atoms with E-state index in [1.807, 2.05) is 0 Å². The van der Waals surface area contributed by atoms with E-state index in [1.54, 1.807) is 12.1 Å². The van der Waals surface area contributed by atoms with Gasteiger partial charge in [0.05, 0.1) is 0 Å². The van der Waals surface area contributed by atoms with Crippen molar-refractivity contribution in [2.75, 3.05) is 0 Å². The molecule has 0 spiro atoms. The summed E-state index contributed by atoms with van der Waals surface area (Å²) in [6.45, 7) is 6.99. The summed E-state index contributed by atoms with van der Waals surface area (Å²) in [4.78, 5) is 0. The second-order valence-electron chi connectivity index (χ2n) is 6.39. The standard InChI is InChI=1S/C18H20O/c1-17(2)12-13-6-4-5-7-16(13)18(17,3)14-8-10-15(19)11-9-14/h4-11,19H,12H2,1-3H3. The number of phenolic OH excluding ortho intramolecular Hbond substituents is 1. The summed E-state index contributed by atoms with van der Waals surface area (Å²) in [6, 6.07) is 16.4. The highest BCUT2D eigenvalue weighted by atomic mass is 16.3. The lowest BCUT2D eigenvalue weighted by Gasteiger charge is -2.40. The van der Waals surface area contributed by atoms with Crippen LogP contribution in [0, 0.1) is 5.41 Å². The predicted octanol–water partition coefficient (Wildman–Crippen LogP) is 4.28. The van der Waals surface area contributed by atoms with Crippen molar-refractivity contribution in [1.29, 1.82) is 0 Å². The van der Waals surface area contributed by atoms with Crippen LogP contribution >= 0.6 is 0 Å². The summed E-state index contributed by atoms with van der Waals surface area (Å²) in [7, 11) is 0. The molecular weight excluding hydrogens is 232 g/mol. The van der Waals surface area contributed by atoms with Crippen molar-refractivity contribution in [1.82, 2.24) is 0 Å². The van der Waals surface area contributed by atoms with E-state index < -0.39 is 0 Å². The summed E-state index contributed by atoms with van der Waals surface area (Å²) in [6.07, 6.45) is 1.10. The molecule has 1 atom stereocenters. The van der Waals surface area contributed by atoms with Gasteiger partial charge in [-0.3, -0.25) is 0 Å². The molecule has 1 heteroatoms. The minimum Gasteiger partial charge on any atom is -0.508 e. The summed E-state index contributed by atoms with van der Waals surface area (Å²) in [5.74, 6) is 0.330. The second kappa shape index (κ2) is 3.86. The first-order valence-electron chi connectivity index (χ1n) is 6.83. The fraction of sp³-hybridized carbons (Fsp3) is 0.333. The van der Waals surface area contributed by atoms with Gasteiger partial charge in [-0.05, 0) is 40.7 Å². The minimum atomic E-state index is -0.00269. The molecule has 0 saturated carbocycles. The van der Waals surface area contributed by atoms with Gasteiger partial charge in [0.25, 0.3) is 0 Å². The SMILES string of the molecule is CC1(C)Cc2ccccc2C1(C)c1ccc(O)cc1. The van der Waals surface area contributed by atoms with E-state index in [0.29, 0.717) is 5.75 Å². The molecule has 3 rings (SSSR count). The van der Waals surface area contributed by atoms with Gasteiger partial charge >= 0.3 is 0 Å². The van der Waals surface area contributed by atoms with Crippen LogP contribution in [0.2, 0.25) is 0 Å². The summed E-state index contributed by atoms with van der Waals surface area (Å²) in [5.41, 5.74) is 4.32. The molecule has 0 bridgehead atoms. The van der Waals surface area contributed by atoms with E-state index in [2.05, 4.69) is 57.2 Å². The van der Waals surface area contributed by atoms with Gasteiger partial charge in [0, 0.05) is 5.41 Å². The molecule has 19 heavy (non-hydrogen) atoms. The molecule has 1 aliphatic carbocycles. The number of hydrogen-bond acceptors (Lipinski definition) is 1. The van der Waals surface area contributed by atoms with Gasteiger partial charge in [-0.2, -0.15) is 0 Å². The molecule has 1 aliphatic rings. The molecule has 2 aromatic carbocycles. The van der Waals surface area contributed by atoms with E-state index >= 15 is 0 Å². The molecule has 2 aromatic rings. The molecule has 0 saturated heterocycles. The molecular formula is C18H20O. The Balaban J connectivity index is 2.23. The van der Waals surface area contributed by atoms with Gasteiger partial charge < -0.3 is 5.11 Å². The predicted molar refractivity (Wildman–Crippen MR) is 78.5 cm³/mol. The topological polar surface area (TPSA) is 20.2 Å². The maximum Gasteiger partial charge on any atom is 0.115 e. The third-order valence-electron chi connectivity index (χ3n) is 4.99. The third kappa shape index (κ3) is 1.61. The Labute approximate surface area is 114 Å². The molecule has 1 N–H and O–H groups in total. The minimum absolute atomic E-state index is 0.00269. The number of rotatable bonds is 1. The molecule has 1 unspecified atom stereocenters. The average Bonchev–Trinajstić information content (AvgIpc) is 2.59. The maximum atomic E-state index is 9.51. The Hall–Kier alpha value is -1.76. The lowest BCUT2D eigenvalue weighted by molar-refractivity contribution is 0.247. The number of phenols is 1. The van der Waals surface area contributed by atoms with E-state index in [4.69, 9.17) is 0 Å². The van der Waals surface area contributed by atoms with Crippen LogP contribution in [0.3, 0.4) is 0 Å². The zero-order valence-electron chi connectivity index (χ0n) is 11.8. The highest BCUT2D eigenvalue weighted by Crippen LogP contribution is 2.55. The largest absolute Gasteiger partial charge is 0.508 e. The first-order valence-corrected chi connectivity index (χ1v) is 6.83. The average molecular weight is 252 g/mol. The highest BCUT2D eigenvalue weighted by molar-refractivity contribution is 5.51. The van der Waals surface area contributed by atoms with E-state index in [-0.39, 0.29) is 10.8 Å². The van der Waals surface area contributed by atoms with Crippen LogP contribution < -0.4 is 0 Å². The van der Waals surface area contributed by atoms with Crippen LogP contribution in [0.5, 0.6) is 5.75 Å². The van der Waals surface area contributed by atoms with Gasteiger partial charge in [0.1, 0.15) is 5.75 Å². The number of fused-ring (bicyclic) bond motifs is 1. The van der Waals surface area contributed by atoms with Gasteiger partial charge in [-0.15, -0.1) is 0 Å². The van der Waals surface area contributed by atoms with Crippen LogP contribution in [-0.2, 0) is 11.8 Å². The van der Waals surface area contributed by atoms with Gasteiger partial charge in [0.15, 0.2) is 0 Å². The van der Waals surface area contributed by atoms with Crippen LogP contribution in [0.25, 0.3) is 0 Å². The molecule has 0 amide bonds. The summed E-state index contributed by atoms with van der Waals surface area (Å²) in [5, 5.41) is 9.51. The fourth-order valence-electron chi connectivity index (χ4n) is 3.52. The quantitative estimate of drug-likeness (QED) is 0.803. The van der Waals surface area contributed by atoms with Crippen molar-refractivity contribution in [2.45, 2.75) is 32.6 Å². The lowest BCUT2D eigenvalue weighted by Crippen LogP contribution is -2.36. The van der Waals surface area contributed by atoms with Gasteiger partial charge in [0.2, 0.25) is 0 Å². The smallest absolute Gasteiger partial charge is 0.115 e. The van der Waals surface area contributed by atoms with Gasteiger partial charge in [-0.25, -0.2) is 0 Å². The molecule has 0 heterocycles. The lowest BCUT2D eigenvalue weighted by atomic mass is 9.63. The van der Waals surface area contributed by atoms with Gasteiger partial charge in [-0.1, -0.05) is 57.2 Å². The number of hydrogen-bond donors (Lipinski definition) is 1. The Morgan fingerprint density at radius 2 is 1.53 bits per heavy atom. The Bertz CT molecular complexity index is 610. The zero-order valence-corrected chi connectivity index (χ0v) is 11.8. The molecule has 1 nitrogen and oxygen atoms in total. The normalized spacial score (nSPS) is 24.2. The Kier molecular flexibility index (Phi) is 2.50. The monoisotopic (exact) mass is 252 g/mol. The van der Waals surface area contributed by atoms with Crippen LogP contribution in [0.15, 0.2) is 48.5 Å². The first-order chi connectivity index (χ1) is 8.95. The molecule has 0 aliphatic heterocycles. The number of benzene rings is 2. The third-order valence-corrected chi connectivity index (χ3v) is 4.99. The van der Waals surface area contributed by atoms with Crippen LogP contribution in [0.4, 0.5) is 0 Å². The highest BCUT2D eigenvalue weighted by Gasteiger charge is 2.49. The fourth-order valence-corrected chi connectivity index (χ4v) is 3.52. The zero-order chi connectivity index (χ0) is 13.7. The van der Waals surface area contributed by atoms with Crippen molar-refractivity contribution in [3.05, 3.63) is 65.2 Å². The first kappa shape index (κ1) is 12.3. The second-order valence-corrected chi connectivity index (χ2v) is 6.39. The Morgan fingerprint density at radius 3 is 2.21 bits per heavy atom. The maximum absolute atomic E-state index is 9.51. The Morgan fingerprint density at radius 1 is 0.895 bits per heavy atom. The summed E-state index contributed by atoms with van der Waals surface area (Å²) < 4.78 is 0.